The summed E-state index contributed by atoms with van der Waals surface area (Å²) in [4.78, 5) is 16.5. The molecule has 0 atom stereocenters. The number of rotatable bonds is 6. The van der Waals surface area contributed by atoms with Crippen LogP contribution in [0.1, 0.15) is 18.4 Å². The van der Waals surface area contributed by atoms with Crippen molar-refractivity contribution >= 4 is 23.2 Å². The maximum atomic E-state index is 12.0. The van der Waals surface area contributed by atoms with E-state index in [0.29, 0.717) is 5.95 Å². The second-order valence-electron chi connectivity index (χ2n) is 7.31. The number of anilines is 2. The largest absolute Gasteiger partial charge is 0.381 e. The van der Waals surface area contributed by atoms with Crippen LogP contribution >= 0.6 is 0 Å². The first-order valence-corrected chi connectivity index (χ1v) is 9.81. The van der Waals surface area contributed by atoms with Gasteiger partial charge in [0.15, 0.2) is 5.65 Å². The summed E-state index contributed by atoms with van der Waals surface area (Å²) in [7, 11) is 0. The third-order valence-corrected chi connectivity index (χ3v) is 5.08. The standard InChI is InChI=1S/C23H21N5O/c29-22(18-12-13-18)26-23-25-21-20(7-4-14-28(21)27-23)17-10-8-16(9-11-17)15-24-19-5-2-1-3-6-19/h1-11,14,18,24H,12-13,15H2,(H,26,27,29). The van der Waals surface area contributed by atoms with Crippen LogP contribution in [0.3, 0.4) is 0 Å². The average Bonchev–Trinajstić information content (AvgIpc) is 3.53. The van der Waals surface area contributed by atoms with E-state index in [-0.39, 0.29) is 11.8 Å². The van der Waals surface area contributed by atoms with Gasteiger partial charge >= 0.3 is 0 Å². The van der Waals surface area contributed by atoms with E-state index in [2.05, 4.69) is 57.1 Å². The van der Waals surface area contributed by atoms with E-state index in [0.717, 1.165) is 41.8 Å². The lowest BCUT2D eigenvalue weighted by atomic mass is 10.0. The van der Waals surface area contributed by atoms with Gasteiger partial charge < -0.3 is 5.32 Å². The fraction of sp³-hybridized carbons (Fsp3) is 0.174. The van der Waals surface area contributed by atoms with Crippen molar-refractivity contribution in [2.24, 2.45) is 5.92 Å². The van der Waals surface area contributed by atoms with Crippen LogP contribution in [0.4, 0.5) is 11.6 Å². The summed E-state index contributed by atoms with van der Waals surface area (Å²) in [5, 5.41) is 10.6. The molecule has 0 radical (unpaired) electrons. The van der Waals surface area contributed by atoms with Crippen molar-refractivity contribution in [1.29, 1.82) is 0 Å². The Morgan fingerprint density at radius 2 is 1.79 bits per heavy atom. The molecular weight excluding hydrogens is 362 g/mol. The molecule has 1 amide bonds. The fourth-order valence-electron chi connectivity index (χ4n) is 3.30. The number of para-hydroxylation sites is 1. The Labute approximate surface area is 168 Å². The monoisotopic (exact) mass is 383 g/mol. The highest BCUT2D eigenvalue weighted by Crippen LogP contribution is 2.30. The molecule has 0 spiro atoms. The molecule has 1 saturated carbocycles. The first kappa shape index (κ1) is 17.4. The Kier molecular flexibility index (Phi) is 4.44. The summed E-state index contributed by atoms with van der Waals surface area (Å²) in [6.45, 7) is 0.761. The molecule has 0 aliphatic heterocycles. The molecule has 2 N–H and O–H groups in total. The highest BCUT2D eigenvalue weighted by Gasteiger charge is 2.30. The van der Waals surface area contributed by atoms with Crippen molar-refractivity contribution in [1.82, 2.24) is 14.6 Å². The minimum Gasteiger partial charge on any atom is -0.381 e. The first-order valence-electron chi connectivity index (χ1n) is 9.81. The number of pyridine rings is 1. The predicted octanol–water partition coefficient (Wildman–Crippen LogP) is 4.36. The molecule has 1 aliphatic rings. The summed E-state index contributed by atoms with van der Waals surface area (Å²) < 4.78 is 1.71. The van der Waals surface area contributed by atoms with Crippen molar-refractivity contribution < 1.29 is 4.79 Å². The third-order valence-electron chi connectivity index (χ3n) is 5.08. The quantitative estimate of drug-likeness (QED) is 0.519. The number of carbonyl (C=O) groups excluding carboxylic acids is 1. The summed E-state index contributed by atoms with van der Waals surface area (Å²) in [6, 6.07) is 22.5. The van der Waals surface area contributed by atoms with E-state index in [1.807, 2.05) is 36.5 Å². The van der Waals surface area contributed by atoms with E-state index in [1.54, 1.807) is 4.52 Å². The number of nitrogens with one attached hydrogen (secondary N) is 2. The van der Waals surface area contributed by atoms with Gasteiger partial charge in [-0.1, -0.05) is 42.5 Å². The van der Waals surface area contributed by atoms with Crippen LogP contribution in [0.15, 0.2) is 72.9 Å². The maximum Gasteiger partial charge on any atom is 0.249 e. The molecular formula is C23H21N5O. The van der Waals surface area contributed by atoms with Gasteiger partial charge in [-0.05, 0) is 48.2 Å². The molecule has 0 unspecified atom stereocenters. The van der Waals surface area contributed by atoms with Crippen LogP contribution in [-0.2, 0) is 11.3 Å². The number of nitrogens with zero attached hydrogens (tertiary/aromatic N) is 3. The Morgan fingerprint density at radius 1 is 1.00 bits per heavy atom. The number of amides is 1. The first-order chi connectivity index (χ1) is 14.3. The lowest BCUT2D eigenvalue weighted by Gasteiger charge is -2.08. The van der Waals surface area contributed by atoms with Crippen molar-refractivity contribution in [2.75, 3.05) is 10.6 Å². The van der Waals surface area contributed by atoms with Crippen LogP contribution in [0, 0.1) is 5.92 Å². The maximum absolute atomic E-state index is 12.0. The van der Waals surface area contributed by atoms with Gasteiger partial charge in [0.25, 0.3) is 0 Å². The number of hydrogen-bond acceptors (Lipinski definition) is 4. The van der Waals surface area contributed by atoms with Crippen LogP contribution < -0.4 is 10.6 Å². The zero-order valence-corrected chi connectivity index (χ0v) is 15.9. The second-order valence-corrected chi connectivity index (χ2v) is 7.31. The fourth-order valence-corrected chi connectivity index (χ4v) is 3.30. The molecule has 4 aromatic rings. The van der Waals surface area contributed by atoms with Gasteiger partial charge in [-0.3, -0.25) is 10.1 Å². The summed E-state index contributed by atoms with van der Waals surface area (Å²) in [6.07, 6.45) is 3.75. The Balaban J connectivity index is 1.35. The van der Waals surface area contributed by atoms with Crippen molar-refractivity contribution in [3.8, 4) is 11.1 Å². The molecule has 144 valence electrons. The minimum atomic E-state index is 0.0118. The van der Waals surface area contributed by atoms with Gasteiger partial charge in [0.05, 0.1) is 0 Å². The van der Waals surface area contributed by atoms with Gasteiger partial charge in [-0.25, -0.2) is 4.52 Å². The normalized spacial score (nSPS) is 13.4. The number of aromatic nitrogens is 3. The van der Waals surface area contributed by atoms with E-state index < -0.39 is 0 Å². The van der Waals surface area contributed by atoms with E-state index in [9.17, 15) is 4.79 Å². The molecule has 5 rings (SSSR count). The summed E-state index contributed by atoms with van der Waals surface area (Å²) in [5.74, 6) is 0.494. The number of carbonyl (C=O) groups is 1. The van der Waals surface area contributed by atoms with Gasteiger partial charge in [0.1, 0.15) is 0 Å². The Morgan fingerprint density at radius 3 is 2.55 bits per heavy atom. The smallest absolute Gasteiger partial charge is 0.249 e. The molecule has 1 fully saturated rings. The second kappa shape index (κ2) is 7.39. The van der Waals surface area contributed by atoms with Gasteiger partial charge in [0, 0.05) is 29.9 Å². The molecule has 0 saturated heterocycles. The Hall–Kier alpha value is -3.67. The van der Waals surface area contributed by atoms with Crippen LogP contribution in [-0.4, -0.2) is 20.5 Å². The van der Waals surface area contributed by atoms with E-state index >= 15 is 0 Å². The highest BCUT2D eigenvalue weighted by molar-refractivity contribution is 5.93. The van der Waals surface area contributed by atoms with Crippen molar-refractivity contribution in [3.05, 3.63) is 78.5 Å². The highest BCUT2D eigenvalue weighted by atomic mass is 16.2. The van der Waals surface area contributed by atoms with E-state index in [1.165, 1.54) is 5.56 Å². The van der Waals surface area contributed by atoms with E-state index in [4.69, 9.17) is 0 Å². The average molecular weight is 383 g/mol. The van der Waals surface area contributed by atoms with Crippen LogP contribution in [0.2, 0.25) is 0 Å². The molecule has 2 aromatic carbocycles. The van der Waals surface area contributed by atoms with Crippen molar-refractivity contribution in [2.45, 2.75) is 19.4 Å². The minimum absolute atomic E-state index is 0.0118. The molecule has 29 heavy (non-hydrogen) atoms. The summed E-state index contributed by atoms with van der Waals surface area (Å²) >= 11 is 0. The number of benzene rings is 2. The summed E-state index contributed by atoms with van der Waals surface area (Å²) in [5.41, 5.74) is 5.07. The van der Waals surface area contributed by atoms with Crippen LogP contribution in [0.25, 0.3) is 16.8 Å². The van der Waals surface area contributed by atoms with Crippen LogP contribution in [0.5, 0.6) is 0 Å². The molecule has 1 aliphatic carbocycles. The topological polar surface area (TPSA) is 71.3 Å². The lowest BCUT2D eigenvalue weighted by Crippen LogP contribution is -2.14. The third kappa shape index (κ3) is 3.82. The molecule has 6 heteroatoms. The number of hydrogen-bond donors (Lipinski definition) is 2. The molecule has 2 aromatic heterocycles. The molecule has 0 bridgehead atoms. The van der Waals surface area contributed by atoms with Gasteiger partial charge in [-0.2, -0.15) is 4.98 Å². The van der Waals surface area contributed by atoms with Crippen molar-refractivity contribution in [3.63, 3.8) is 0 Å². The van der Waals surface area contributed by atoms with Gasteiger partial charge in [0.2, 0.25) is 11.9 Å². The molecule has 6 nitrogen and oxygen atoms in total. The zero-order chi connectivity index (χ0) is 19.6. The number of fused-ring (bicyclic) bond motifs is 1. The predicted molar refractivity (Wildman–Crippen MR) is 114 cm³/mol. The molecule has 2 heterocycles. The zero-order valence-electron chi connectivity index (χ0n) is 15.9. The SMILES string of the molecule is O=C(Nc1nc2c(-c3ccc(CNc4ccccc4)cc3)cccn2n1)C1CC1. The van der Waals surface area contributed by atoms with Gasteiger partial charge in [-0.15, -0.1) is 5.10 Å². The Bertz CT molecular complexity index is 1150. The lowest BCUT2D eigenvalue weighted by molar-refractivity contribution is -0.117.